The van der Waals surface area contributed by atoms with Gasteiger partial charge in [-0.3, -0.25) is 9.59 Å². The van der Waals surface area contributed by atoms with Crippen LogP contribution < -0.4 is 5.32 Å². The van der Waals surface area contributed by atoms with Gasteiger partial charge in [0.25, 0.3) is 0 Å². The molecule has 0 unspecified atom stereocenters. The first kappa shape index (κ1) is 14.5. The zero-order chi connectivity index (χ0) is 12.8. The number of piperidine rings is 1. The maximum absolute atomic E-state index is 11.8. The van der Waals surface area contributed by atoms with Crippen LogP contribution in [-0.4, -0.2) is 41.2 Å². The van der Waals surface area contributed by atoms with Crippen LogP contribution in [0.25, 0.3) is 0 Å². The summed E-state index contributed by atoms with van der Waals surface area (Å²) in [6, 6.07) is 0.234. The van der Waals surface area contributed by atoms with Crippen molar-refractivity contribution in [2.75, 3.05) is 18.4 Å². The number of nitrogens with one attached hydrogen (secondary N) is 1. The molecule has 1 fully saturated rings. The molecule has 4 nitrogen and oxygen atoms in total. The molecule has 0 aliphatic carbocycles. The van der Waals surface area contributed by atoms with Crippen LogP contribution in [0.15, 0.2) is 0 Å². The number of nitrogens with zero attached hydrogens (tertiary/aromatic N) is 1. The average molecular weight is 305 g/mol. The maximum Gasteiger partial charge on any atom is 0.225 e. The summed E-state index contributed by atoms with van der Waals surface area (Å²) in [6.45, 7) is 5.37. The van der Waals surface area contributed by atoms with E-state index >= 15 is 0 Å². The first-order chi connectivity index (χ1) is 8.04. The number of alkyl halides is 1. The molecule has 1 aliphatic heterocycles. The van der Waals surface area contributed by atoms with E-state index in [0.29, 0.717) is 11.8 Å². The van der Waals surface area contributed by atoms with Crippen LogP contribution in [0.5, 0.6) is 0 Å². The van der Waals surface area contributed by atoms with Crippen LogP contribution in [0, 0.1) is 5.92 Å². The van der Waals surface area contributed by atoms with E-state index in [1.807, 2.05) is 18.7 Å². The van der Waals surface area contributed by atoms with Crippen molar-refractivity contribution in [3.8, 4) is 0 Å². The molecule has 0 spiro atoms. The first-order valence-corrected chi connectivity index (χ1v) is 7.31. The molecule has 2 amide bonds. The fraction of sp³-hybridized carbons (Fsp3) is 0.833. The van der Waals surface area contributed by atoms with E-state index < -0.39 is 0 Å². The predicted molar refractivity (Wildman–Crippen MR) is 71.0 cm³/mol. The van der Waals surface area contributed by atoms with Crippen molar-refractivity contribution in [1.82, 2.24) is 10.2 Å². The van der Waals surface area contributed by atoms with Crippen molar-refractivity contribution in [1.29, 1.82) is 0 Å². The smallest absolute Gasteiger partial charge is 0.225 e. The standard InChI is InChI=1S/C12H21BrN2O2/c1-9(2)12(17)15-7-4-10(5-8-15)14-11(16)3-6-13/h9-10H,3-8H2,1-2H3,(H,14,16). The lowest BCUT2D eigenvalue weighted by Gasteiger charge is -2.33. The van der Waals surface area contributed by atoms with Gasteiger partial charge in [-0.05, 0) is 12.8 Å². The third-order valence-electron chi connectivity index (χ3n) is 2.99. The summed E-state index contributed by atoms with van der Waals surface area (Å²) in [5.74, 6) is 0.375. The molecule has 0 aromatic carbocycles. The van der Waals surface area contributed by atoms with Crippen LogP contribution in [-0.2, 0) is 9.59 Å². The minimum absolute atomic E-state index is 0.0644. The van der Waals surface area contributed by atoms with E-state index in [2.05, 4.69) is 21.2 Å². The van der Waals surface area contributed by atoms with Crippen molar-refractivity contribution >= 4 is 27.7 Å². The van der Waals surface area contributed by atoms with E-state index in [-0.39, 0.29) is 23.8 Å². The van der Waals surface area contributed by atoms with Crippen molar-refractivity contribution in [2.45, 2.75) is 39.2 Å². The molecular weight excluding hydrogens is 284 g/mol. The fourth-order valence-corrected chi connectivity index (χ4v) is 2.36. The molecule has 0 aromatic rings. The highest BCUT2D eigenvalue weighted by Crippen LogP contribution is 2.13. The molecule has 0 aromatic heterocycles. The lowest BCUT2D eigenvalue weighted by molar-refractivity contribution is -0.135. The lowest BCUT2D eigenvalue weighted by Crippen LogP contribution is -2.47. The summed E-state index contributed by atoms with van der Waals surface area (Å²) < 4.78 is 0. The van der Waals surface area contributed by atoms with Gasteiger partial charge in [0.1, 0.15) is 0 Å². The molecule has 0 bridgehead atoms. The fourth-order valence-electron chi connectivity index (χ4n) is 2.00. The highest BCUT2D eigenvalue weighted by Gasteiger charge is 2.24. The summed E-state index contributed by atoms with van der Waals surface area (Å²) in [5, 5.41) is 3.70. The van der Waals surface area contributed by atoms with Gasteiger partial charge in [-0.25, -0.2) is 0 Å². The quantitative estimate of drug-likeness (QED) is 0.801. The normalized spacial score (nSPS) is 17.3. The monoisotopic (exact) mass is 304 g/mol. The Morgan fingerprint density at radius 2 is 1.94 bits per heavy atom. The van der Waals surface area contributed by atoms with Gasteiger partial charge in [-0.2, -0.15) is 0 Å². The summed E-state index contributed by atoms with van der Waals surface area (Å²) >= 11 is 3.25. The Balaban J connectivity index is 2.31. The van der Waals surface area contributed by atoms with Crippen LogP contribution in [0.2, 0.25) is 0 Å². The molecule has 0 radical (unpaired) electrons. The Bertz CT molecular complexity index is 274. The second-order valence-corrected chi connectivity index (χ2v) is 5.55. The van der Waals surface area contributed by atoms with Gasteiger partial charge >= 0.3 is 0 Å². The second kappa shape index (κ2) is 6.99. The number of rotatable bonds is 4. The number of carbonyl (C=O) groups is 2. The molecule has 1 N–H and O–H groups in total. The van der Waals surface area contributed by atoms with Gasteiger partial charge in [-0.1, -0.05) is 29.8 Å². The van der Waals surface area contributed by atoms with E-state index in [1.54, 1.807) is 0 Å². The van der Waals surface area contributed by atoms with Crippen molar-refractivity contribution in [2.24, 2.45) is 5.92 Å². The number of amides is 2. The topological polar surface area (TPSA) is 49.4 Å². The molecule has 98 valence electrons. The maximum atomic E-state index is 11.8. The van der Waals surface area contributed by atoms with E-state index in [9.17, 15) is 9.59 Å². The number of halogens is 1. The van der Waals surface area contributed by atoms with Gasteiger partial charge in [-0.15, -0.1) is 0 Å². The van der Waals surface area contributed by atoms with Gasteiger partial charge < -0.3 is 10.2 Å². The van der Waals surface area contributed by atoms with Crippen LogP contribution in [0.4, 0.5) is 0 Å². The number of carbonyl (C=O) groups excluding carboxylic acids is 2. The zero-order valence-electron chi connectivity index (χ0n) is 10.5. The Labute approximate surface area is 111 Å². The third-order valence-corrected chi connectivity index (χ3v) is 3.38. The summed E-state index contributed by atoms with van der Waals surface area (Å²) in [6.07, 6.45) is 2.25. The van der Waals surface area contributed by atoms with E-state index in [0.717, 1.165) is 25.9 Å². The number of likely N-dealkylation sites (tertiary alicyclic amines) is 1. The molecule has 5 heteroatoms. The Morgan fingerprint density at radius 3 is 2.41 bits per heavy atom. The van der Waals surface area contributed by atoms with Gasteiger partial charge in [0, 0.05) is 36.8 Å². The van der Waals surface area contributed by atoms with E-state index in [4.69, 9.17) is 0 Å². The highest BCUT2D eigenvalue weighted by atomic mass is 79.9. The van der Waals surface area contributed by atoms with E-state index in [1.165, 1.54) is 0 Å². The van der Waals surface area contributed by atoms with Crippen molar-refractivity contribution in [3.63, 3.8) is 0 Å². The molecular formula is C12H21BrN2O2. The Morgan fingerprint density at radius 1 is 1.35 bits per heavy atom. The Hall–Kier alpha value is -0.580. The third kappa shape index (κ3) is 4.66. The first-order valence-electron chi connectivity index (χ1n) is 6.18. The second-order valence-electron chi connectivity index (χ2n) is 4.76. The SMILES string of the molecule is CC(C)C(=O)N1CCC(NC(=O)CCBr)CC1. The minimum atomic E-state index is 0.0644. The number of hydrogen-bond donors (Lipinski definition) is 1. The van der Waals surface area contributed by atoms with Crippen LogP contribution in [0.1, 0.15) is 33.1 Å². The summed E-state index contributed by atoms with van der Waals surface area (Å²) in [5.41, 5.74) is 0. The molecule has 0 saturated carbocycles. The molecule has 17 heavy (non-hydrogen) atoms. The zero-order valence-corrected chi connectivity index (χ0v) is 12.1. The largest absolute Gasteiger partial charge is 0.353 e. The van der Waals surface area contributed by atoms with Crippen molar-refractivity contribution in [3.05, 3.63) is 0 Å². The summed E-state index contributed by atoms with van der Waals surface area (Å²) in [7, 11) is 0. The highest BCUT2D eigenvalue weighted by molar-refractivity contribution is 9.09. The summed E-state index contributed by atoms with van der Waals surface area (Å²) in [4.78, 5) is 25.1. The predicted octanol–water partition coefficient (Wildman–Crippen LogP) is 1.53. The number of hydrogen-bond acceptors (Lipinski definition) is 2. The van der Waals surface area contributed by atoms with Crippen molar-refractivity contribution < 1.29 is 9.59 Å². The Kier molecular flexibility index (Phi) is 5.95. The van der Waals surface area contributed by atoms with Gasteiger partial charge in [0.15, 0.2) is 0 Å². The average Bonchev–Trinajstić information content (AvgIpc) is 2.29. The lowest BCUT2D eigenvalue weighted by atomic mass is 10.0. The van der Waals surface area contributed by atoms with Crippen LogP contribution in [0.3, 0.4) is 0 Å². The molecule has 1 heterocycles. The molecule has 1 aliphatic rings. The van der Waals surface area contributed by atoms with Gasteiger partial charge in [0.2, 0.25) is 11.8 Å². The minimum Gasteiger partial charge on any atom is -0.353 e. The molecule has 0 atom stereocenters. The van der Waals surface area contributed by atoms with Gasteiger partial charge in [0.05, 0.1) is 0 Å². The van der Waals surface area contributed by atoms with Crippen LogP contribution >= 0.6 is 15.9 Å². The molecule has 1 rings (SSSR count). The molecule has 1 saturated heterocycles.